The lowest BCUT2D eigenvalue weighted by atomic mass is 9.52. The number of hydrogen-bond donors (Lipinski definition) is 4. The Bertz CT molecular complexity index is 1220. The predicted molar refractivity (Wildman–Crippen MR) is 133 cm³/mol. The number of aromatic hydroxyl groups is 1. The molecule has 4 rings (SSSR count). The van der Waals surface area contributed by atoms with Crippen molar-refractivity contribution in [2.75, 3.05) is 20.6 Å². The number of hydrogen-bond acceptors (Lipinski definition) is 9. The van der Waals surface area contributed by atoms with E-state index in [9.17, 15) is 34.2 Å². The van der Waals surface area contributed by atoms with Crippen molar-refractivity contribution in [2.45, 2.75) is 44.4 Å². The highest BCUT2D eigenvalue weighted by atomic mass is 16.3. The highest BCUT2D eigenvalue weighted by Gasteiger charge is 2.69. The van der Waals surface area contributed by atoms with Crippen LogP contribution >= 0.6 is 0 Å². The molecule has 0 spiro atoms. The molecule has 0 aliphatic heterocycles. The minimum Gasteiger partial charge on any atom is -0.507 e. The van der Waals surface area contributed by atoms with Crippen molar-refractivity contribution in [3.05, 3.63) is 41.0 Å². The van der Waals surface area contributed by atoms with Crippen LogP contribution in [0.15, 0.2) is 18.7 Å². The van der Waals surface area contributed by atoms with Gasteiger partial charge in [-0.05, 0) is 50.4 Å². The van der Waals surface area contributed by atoms with Crippen LogP contribution in [0, 0.1) is 23.7 Å². The normalized spacial score (nSPS) is 31.1. The first-order valence-corrected chi connectivity index (χ1v) is 12.4. The van der Waals surface area contributed by atoms with Gasteiger partial charge in [-0.2, -0.15) is 0 Å². The number of ketones is 4. The number of amides is 1. The van der Waals surface area contributed by atoms with Crippen LogP contribution in [0.2, 0.25) is 0 Å². The van der Waals surface area contributed by atoms with Crippen LogP contribution < -0.4 is 11.1 Å². The number of nitrogens with zero attached hydrogens (tertiary/aromatic N) is 1. The topological polar surface area (TPSA) is 167 Å². The van der Waals surface area contributed by atoms with Gasteiger partial charge in [-0.15, -0.1) is 6.58 Å². The highest BCUT2D eigenvalue weighted by molar-refractivity contribution is 6.32. The number of aryl methyl sites for hydroxylation is 1. The number of aliphatic hydroxyl groups is 1. The van der Waals surface area contributed by atoms with Gasteiger partial charge in [0.1, 0.15) is 5.75 Å². The Labute approximate surface area is 214 Å². The average Bonchev–Trinajstić information content (AvgIpc) is 2.82. The lowest BCUT2D eigenvalue weighted by molar-refractivity contribution is -0.181. The summed E-state index contributed by atoms with van der Waals surface area (Å²) in [6.07, 6.45) is 2.55. The quantitative estimate of drug-likeness (QED) is 0.218. The minimum atomic E-state index is -2.72. The lowest BCUT2D eigenvalue weighted by Gasteiger charge is -2.52. The average molecular weight is 512 g/mol. The summed E-state index contributed by atoms with van der Waals surface area (Å²) in [4.78, 5) is 67.7. The molecule has 0 radical (unpaired) electrons. The summed E-state index contributed by atoms with van der Waals surface area (Å²) >= 11 is 0. The minimum absolute atomic E-state index is 0.0290. The summed E-state index contributed by atoms with van der Waals surface area (Å²) in [5.74, 6) is -10.3. The molecule has 0 bridgehead atoms. The number of likely N-dealkylation sites (N-methyl/N-ethyl adjacent to an activating group) is 1. The number of fused-ring (bicyclic) bond motifs is 3. The van der Waals surface area contributed by atoms with E-state index < -0.39 is 64.4 Å². The molecule has 5 N–H and O–H groups in total. The molecule has 0 heterocycles. The van der Waals surface area contributed by atoms with Gasteiger partial charge < -0.3 is 21.3 Å². The van der Waals surface area contributed by atoms with E-state index in [4.69, 9.17) is 5.73 Å². The zero-order valence-electron chi connectivity index (χ0n) is 21.2. The van der Waals surface area contributed by atoms with Gasteiger partial charge in [0.25, 0.3) is 0 Å². The van der Waals surface area contributed by atoms with E-state index in [1.54, 1.807) is 20.2 Å². The van der Waals surface area contributed by atoms with Gasteiger partial charge in [0.2, 0.25) is 5.91 Å². The largest absolute Gasteiger partial charge is 0.507 e. The van der Waals surface area contributed by atoms with E-state index >= 15 is 0 Å². The van der Waals surface area contributed by atoms with Crippen LogP contribution in [0.25, 0.3) is 0 Å². The molecule has 1 aromatic rings. The fourth-order valence-electron chi connectivity index (χ4n) is 6.57. The van der Waals surface area contributed by atoms with Crippen molar-refractivity contribution in [3.63, 3.8) is 0 Å². The molecule has 2 unspecified atom stereocenters. The van der Waals surface area contributed by atoms with Crippen molar-refractivity contribution < 1.29 is 34.2 Å². The summed E-state index contributed by atoms with van der Waals surface area (Å²) in [6.45, 7) is 6.33. The van der Waals surface area contributed by atoms with Crippen LogP contribution in [0.3, 0.4) is 0 Å². The SMILES string of the molecule is C=CCNCc1cc(CC)c2c(c1O)C(=O)C1C(=O)[C@]3(O)C(=O)C(C(N)=O)C(=O)[C@@H](N(C)C)[C@@H]3C[C@@H]1C2. The number of nitrogens with two attached hydrogens (primary N) is 1. The number of primary amides is 1. The van der Waals surface area contributed by atoms with Gasteiger partial charge in [-0.3, -0.25) is 28.9 Å². The number of nitrogens with one attached hydrogen (secondary N) is 1. The number of rotatable bonds is 7. The van der Waals surface area contributed by atoms with E-state index in [1.807, 2.05) is 13.0 Å². The Kier molecular flexibility index (Phi) is 6.96. The van der Waals surface area contributed by atoms with Crippen LogP contribution in [-0.2, 0) is 38.6 Å². The zero-order valence-corrected chi connectivity index (χ0v) is 21.2. The summed E-state index contributed by atoms with van der Waals surface area (Å²) in [6, 6.07) is 0.728. The van der Waals surface area contributed by atoms with E-state index in [0.29, 0.717) is 24.1 Å². The molecule has 2 fully saturated rings. The first-order chi connectivity index (χ1) is 17.4. The fourth-order valence-corrected chi connectivity index (χ4v) is 6.57. The number of carbonyl (C=O) groups is 5. The standard InChI is InChI=1S/C27H33N3O7/c1-5-7-29-11-14-8-12(6-2)15-9-13-10-16-20(30(3)4)23(33)19(26(28)36)25(35)27(16,37)24(34)17(13)22(32)18(15)21(14)31/h5,8,13,16-17,19-20,29,31,37H,1,6-7,9-11H2,2-4H3,(H2,28,36)/t13-,16-,17?,19?,20-,27-/m0/s1. The number of Topliss-reactive ketones (excluding diaryl/α,β-unsaturated/α-hetero) is 4. The molecule has 37 heavy (non-hydrogen) atoms. The molecule has 10 nitrogen and oxygen atoms in total. The molecule has 198 valence electrons. The number of benzene rings is 1. The van der Waals surface area contributed by atoms with Gasteiger partial charge >= 0.3 is 0 Å². The molecule has 0 aromatic heterocycles. The van der Waals surface area contributed by atoms with Crippen LogP contribution in [-0.4, -0.2) is 76.4 Å². The number of carbonyl (C=O) groups excluding carboxylic acids is 5. The zero-order chi connectivity index (χ0) is 27.4. The molecule has 1 amide bonds. The van der Waals surface area contributed by atoms with Crippen LogP contribution in [0.4, 0.5) is 0 Å². The molecule has 2 saturated carbocycles. The molecule has 3 aliphatic rings. The van der Waals surface area contributed by atoms with Crippen molar-refractivity contribution in [1.82, 2.24) is 10.2 Å². The first kappa shape index (κ1) is 26.8. The Morgan fingerprint density at radius 2 is 1.92 bits per heavy atom. The monoisotopic (exact) mass is 511 g/mol. The first-order valence-electron chi connectivity index (χ1n) is 12.4. The van der Waals surface area contributed by atoms with Crippen molar-refractivity contribution in [2.24, 2.45) is 29.4 Å². The predicted octanol–water partition coefficient (Wildman–Crippen LogP) is -0.295. The second-order valence-electron chi connectivity index (χ2n) is 10.5. The van der Waals surface area contributed by atoms with Gasteiger partial charge in [0.15, 0.2) is 34.7 Å². The Hall–Kier alpha value is -3.21. The van der Waals surface area contributed by atoms with Crippen molar-refractivity contribution in [3.8, 4) is 5.75 Å². The highest BCUT2D eigenvalue weighted by Crippen LogP contribution is 2.51. The van der Waals surface area contributed by atoms with Gasteiger partial charge in [0, 0.05) is 24.6 Å². The summed E-state index contributed by atoms with van der Waals surface area (Å²) in [7, 11) is 3.12. The third kappa shape index (κ3) is 3.86. The summed E-state index contributed by atoms with van der Waals surface area (Å²) in [5.41, 5.74) is 4.64. The number of phenols is 1. The molecule has 1 aromatic carbocycles. The maximum absolute atomic E-state index is 13.9. The third-order valence-corrected chi connectivity index (χ3v) is 8.22. The van der Waals surface area contributed by atoms with Gasteiger partial charge in [0.05, 0.1) is 17.5 Å². The third-order valence-electron chi connectivity index (χ3n) is 8.22. The van der Waals surface area contributed by atoms with E-state index in [0.717, 1.165) is 5.56 Å². The maximum atomic E-state index is 13.9. The van der Waals surface area contributed by atoms with Crippen molar-refractivity contribution >= 4 is 29.0 Å². The van der Waals surface area contributed by atoms with Gasteiger partial charge in [-0.1, -0.05) is 19.1 Å². The van der Waals surface area contributed by atoms with Gasteiger partial charge in [-0.25, -0.2) is 0 Å². The van der Waals surface area contributed by atoms with E-state index in [1.165, 1.54) is 4.90 Å². The fraction of sp³-hybridized carbons (Fsp3) is 0.519. The lowest BCUT2D eigenvalue weighted by Crippen LogP contribution is -2.74. The van der Waals surface area contributed by atoms with Crippen molar-refractivity contribution in [1.29, 1.82) is 0 Å². The Morgan fingerprint density at radius 3 is 2.49 bits per heavy atom. The number of phenolic OH excluding ortho intramolecular Hbond substituents is 1. The Balaban J connectivity index is 1.84. The van der Waals surface area contributed by atoms with Crippen LogP contribution in [0.1, 0.15) is 40.4 Å². The Morgan fingerprint density at radius 1 is 1.24 bits per heavy atom. The second-order valence-corrected chi connectivity index (χ2v) is 10.5. The molecule has 10 heteroatoms. The maximum Gasteiger partial charge on any atom is 0.235 e. The second kappa shape index (κ2) is 9.59. The molecule has 6 atom stereocenters. The van der Waals surface area contributed by atoms with E-state index in [-0.39, 0.29) is 30.7 Å². The van der Waals surface area contributed by atoms with Crippen LogP contribution in [0.5, 0.6) is 5.75 Å². The summed E-state index contributed by atoms with van der Waals surface area (Å²) < 4.78 is 0. The smallest absolute Gasteiger partial charge is 0.235 e. The van der Waals surface area contributed by atoms with E-state index in [2.05, 4.69) is 11.9 Å². The molecular formula is C27H33N3O7. The molecular weight excluding hydrogens is 478 g/mol. The molecule has 3 aliphatic carbocycles. The summed E-state index contributed by atoms with van der Waals surface area (Å²) in [5, 5.41) is 25.8. The molecule has 0 saturated heterocycles.